The number of hydrogen-bond acceptors (Lipinski definition) is 4. The molecule has 1 aromatic rings. The van der Waals surface area contributed by atoms with E-state index >= 15 is 0 Å². The van der Waals surface area contributed by atoms with Gasteiger partial charge in [-0.15, -0.1) is 0 Å². The molecule has 0 unspecified atom stereocenters. The van der Waals surface area contributed by atoms with Crippen LogP contribution in [-0.2, 0) is 0 Å². The molecule has 0 aliphatic rings. The molecule has 0 aliphatic heterocycles. The third-order valence-corrected chi connectivity index (χ3v) is 4.16. The first kappa shape index (κ1) is 22.2. The van der Waals surface area contributed by atoms with Crippen LogP contribution in [0.3, 0.4) is 0 Å². The van der Waals surface area contributed by atoms with Crippen molar-refractivity contribution < 1.29 is 0 Å². The van der Waals surface area contributed by atoms with Crippen LogP contribution in [0, 0.1) is 0 Å². The number of hydrogen-bond donors (Lipinski definition) is 3. The molecule has 0 aliphatic carbocycles. The van der Waals surface area contributed by atoms with Crippen molar-refractivity contribution >= 4 is 11.8 Å². The zero-order valence-electron chi connectivity index (χ0n) is 17.3. The lowest BCUT2D eigenvalue weighted by molar-refractivity contribution is 0.178. The van der Waals surface area contributed by atoms with Crippen LogP contribution in [0.15, 0.2) is 29.4 Å². The van der Waals surface area contributed by atoms with Gasteiger partial charge in [-0.2, -0.15) is 0 Å². The van der Waals surface area contributed by atoms with Gasteiger partial charge in [0.2, 0.25) is 0 Å². The van der Waals surface area contributed by atoms with E-state index in [4.69, 9.17) is 0 Å². The highest BCUT2D eigenvalue weighted by atomic mass is 15.2. The maximum absolute atomic E-state index is 4.68. The third kappa shape index (κ3) is 9.61. The number of guanidine groups is 1. The first-order valence-electron chi connectivity index (χ1n) is 9.97. The largest absolute Gasteiger partial charge is 0.370 e. The van der Waals surface area contributed by atoms with Gasteiger partial charge in [0.25, 0.3) is 0 Å². The minimum absolute atomic E-state index is 0.558. The number of aliphatic imine (C=N–C) groups is 1. The fraction of sp³-hybridized carbons (Fsp3) is 0.700. The SMILES string of the molecule is CCNC(=NCCCCNc1ccccn1)NCCN(C(C)C)C(C)C. The van der Waals surface area contributed by atoms with Gasteiger partial charge >= 0.3 is 0 Å². The molecule has 0 atom stereocenters. The second-order valence-corrected chi connectivity index (χ2v) is 6.96. The molecule has 26 heavy (non-hydrogen) atoms. The quantitative estimate of drug-likeness (QED) is 0.303. The molecule has 0 saturated heterocycles. The summed E-state index contributed by atoms with van der Waals surface area (Å²) in [6, 6.07) is 7.03. The van der Waals surface area contributed by atoms with Crippen LogP contribution in [-0.4, -0.2) is 60.7 Å². The Morgan fingerprint density at radius 2 is 1.85 bits per heavy atom. The van der Waals surface area contributed by atoms with Gasteiger partial charge in [-0.05, 0) is 59.6 Å². The van der Waals surface area contributed by atoms with E-state index in [1.807, 2.05) is 18.2 Å². The Hall–Kier alpha value is -1.82. The average Bonchev–Trinajstić information content (AvgIpc) is 2.61. The molecule has 0 aromatic carbocycles. The van der Waals surface area contributed by atoms with Gasteiger partial charge < -0.3 is 16.0 Å². The van der Waals surface area contributed by atoms with Crippen LogP contribution >= 0.6 is 0 Å². The van der Waals surface area contributed by atoms with Crippen molar-refractivity contribution in [3.05, 3.63) is 24.4 Å². The minimum Gasteiger partial charge on any atom is -0.370 e. The van der Waals surface area contributed by atoms with Crippen LogP contribution in [0.4, 0.5) is 5.82 Å². The van der Waals surface area contributed by atoms with Crippen molar-refractivity contribution in [1.82, 2.24) is 20.5 Å². The summed E-state index contributed by atoms with van der Waals surface area (Å²) in [7, 11) is 0. The van der Waals surface area contributed by atoms with Gasteiger partial charge in [0.05, 0.1) is 0 Å². The third-order valence-electron chi connectivity index (χ3n) is 4.16. The van der Waals surface area contributed by atoms with Crippen molar-refractivity contribution in [1.29, 1.82) is 0 Å². The fourth-order valence-electron chi connectivity index (χ4n) is 2.87. The Morgan fingerprint density at radius 1 is 1.08 bits per heavy atom. The second kappa shape index (κ2) is 13.4. The Kier molecular flexibility index (Phi) is 11.4. The Labute approximate surface area is 159 Å². The van der Waals surface area contributed by atoms with Crippen LogP contribution in [0.25, 0.3) is 0 Å². The van der Waals surface area contributed by atoms with E-state index < -0.39 is 0 Å². The predicted molar refractivity (Wildman–Crippen MR) is 113 cm³/mol. The van der Waals surface area contributed by atoms with Gasteiger partial charge in [0.15, 0.2) is 5.96 Å². The first-order chi connectivity index (χ1) is 12.5. The molecule has 0 radical (unpaired) electrons. The maximum atomic E-state index is 4.68. The van der Waals surface area contributed by atoms with Crippen molar-refractivity contribution in [2.24, 2.45) is 4.99 Å². The second-order valence-electron chi connectivity index (χ2n) is 6.96. The number of anilines is 1. The number of aromatic nitrogens is 1. The molecule has 0 amide bonds. The van der Waals surface area contributed by atoms with Gasteiger partial charge in [-0.1, -0.05) is 6.07 Å². The minimum atomic E-state index is 0.558. The molecule has 1 rings (SSSR count). The highest BCUT2D eigenvalue weighted by Crippen LogP contribution is 2.03. The zero-order valence-corrected chi connectivity index (χ0v) is 17.3. The Balaban J connectivity index is 2.25. The number of pyridine rings is 1. The normalized spacial score (nSPS) is 12.1. The van der Waals surface area contributed by atoms with Crippen LogP contribution < -0.4 is 16.0 Å². The predicted octanol–water partition coefficient (Wildman–Crippen LogP) is 2.95. The standard InChI is InChI=1S/C20H38N6/c1-6-21-20(25-15-16-26(17(2)3)18(4)5)24-14-10-9-13-23-19-11-7-8-12-22-19/h7-8,11-12,17-18H,6,9-10,13-16H2,1-5H3,(H,22,23)(H2,21,24,25). The summed E-state index contributed by atoms with van der Waals surface area (Å²) in [6.45, 7) is 15.7. The van der Waals surface area contributed by atoms with E-state index in [0.29, 0.717) is 12.1 Å². The van der Waals surface area contributed by atoms with E-state index in [-0.39, 0.29) is 0 Å². The number of nitrogens with zero attached hydrogens (tertiary/aromatic N) is 3. The van der Waals surface area contributed by atoms with Crippen LogP contribution in [0.5, 0.6) is 0 Å². The van der Waals surface area contributed by atoms with Crippen molar-refractivity contribution in [3.8, 4) is 0 Å². The summed E-state index contributed by atoms with van der Waals surface area (Å²) in [5.41, 5.74) is 0. The van der Waals surface area contributed by atoms with Crippen LogP contribution in [0.1, 0.15) is 47.5 Å². The summed E-state index contributed by atoms with van der Waals surface area (Å²) in [6.07, 6.45) is 3.94. The molecule has 0 saturated carbocycles. The molecule has 148 valence electrons. The summed E-state index contributed by atoms with van der Waals surface area (Å²) in [5.74, 6) is 1.85. The van der Waals surface area contributed by atoms with Crippen molar-refractivity contribution in [3.63, 3.8) is 0 Å². The lowest BCUT2D eigenvalue weighted by Crippen LogP contribution is -2.45. The highest BCUT2D eigenvalue weighted by Gasteiger charge is 2.12. The van der Waals surface area contributed by atoms with Gasteiger partial charge in [0.1, 0.15) is 5.82 Å². The van der Waals surface area contributed by atoms with E-state index in [0.717, 1.165) is 57.3 Å². The van der Waals surface area contributed by atoms with E-state index in [1.54, 1.807) is 6.20 Å². The average molecular weight is 363 g/mol. The topological polar surface area (TPSA) is 64.6 Å². The van der Waals surface area contributed by atoms with Crippen molar-refractivity contribution in [2.45, 2.75) is 59.5 Å². The summed E-state index contributed by atoms with van der Waals surface area (Å²) < 4.78 is 0. The smallest absolute Gasteiger partial charge is 0.191 e. The number of nitrogens with one attached hydrogen (secondary N) is 3. The molecule has 3 N–H and O–H groups in total. The maximum Gasteiger partial charge on any atom is 0.191 e. The highest BCUT2D eigenvalue weighted by molar-refractivity contribution is 5.79. The lowest BCUT2D eigenvalue weighted by atomic mass is 10.2. The summed E-state index contributed by atoms with van der Waals surface area (Å²) in [5, 5.41) is 10.1. The van der Waals surface area contributed by atoms with Crippen LogP contribution in [0.2, 0.25) is 0 Å². The Morgan fingerprint density at radius 3 is 2.46 bits per heavy atom. The summed E-state index contributed by atoms with van der Waals surface area (Å²) >= 11 is 0. The van der Waals surface area contributed by atoms with Gasteiger partial charge in [-0.25, -0.2) is 4.98 Å². The molecule has 1 heterocycles. The zero-order chi connectivity index (χ0) is 19.2. The number of rotatable bonds is 12. The fourth-order valence-corrected chi connectivity index (χ4v) is 2.87. The molecule has 1 aromatic heterocycles. The monoisotopic (exact) mass is 362 g/mol. The first-order valence-corrected chi connectivity index (χ1v) is 9.97. The van der Waals surface area contributed by atoms with E-state index in [9.17, 15) is 0 Å². The van der Waals surface area contributed by atoms with Gasteiger partial charge in [0, 0.05) is 51.0 Å². The van der Waals surface area contributed by atoms with E-state index in [2.05, 4.69) is 65.4 Å². The molecular weight excluding hydrogens is 324 g/mol. The molecule has 0 bridgehead atoms. The molecular formula is C20H38N6. The molecule has 0 fully saturated rings. The lowest BCUT2D eigenvalue weighted by Gasteiger charge is -2.30. The summed E-state index contributed by atoms with van der Waals surface area (Å²) in [4.78, 5) is 11.4. The van der Waals surface area contributed by atoms with E-state index in [1.165, 1.54) is 0 Å². The Bertz CT molecular complexity index is 478. The van der Waals surface area contributed by atoms with Crippen molar-refractivity contribution in [2.75, 3.05) is 38.0 Å². The van der Waals surface area contributed by atoms with Gasteiger partial charge in [-0.3, -0.25) is 9.89 Å². The molecule has 6 heteroatoms. The molecule has 0 spiro atoms. The number of unbranched alkanes of at least 4 members (excludes halogenated alkanes) is 1. The molecule has 6 nitrogen and oxygen atoms in total.